The zero-order valence-electron chi connectivity index (χ0n) is 16.4. The van der Waals surface area contributed by atoms with Gasteiger partial charge < -0.3 is 24.2 Å². The van der Waals surface area contributed by atoms with Crippen molar-refractivity contribution in [2.24, 2.45) is 0 Å². The Kier molecular flexibility index (Phi) is 5.38. The summed E-state index contributed by atoms with van der Waals surface area (Å²) in [6, 6.07) is 16.5. The molecule has 4 rings (SSSR count). The lowest BCUT2D eigenvalue weighted by Gasteiger charge is -2.34. The third kappa shape index (κ3) is 3.84. The predicted molar refractivity (Wildman–Crippen MR) is 110 cm³/mol. The van der Waals surface area contributed by atoms with Gasteiger partial charge in [0.15, 0.2) is 17.1 Å². The normalized spacial score (nSPS) is 14.1. The number of anilines is 1. The van der Waals surface area contributed by atoms with Gasteiger partial charge in [0.2, 0.25) is 5.91 Å². The lowest BCUT2D eigenvalue weighted by Crippen LogP contribution is -2.50. The molecule has 0 saturated carbocycles. The van der Waals surface area contributed by atoms with Gasteiger partial charge in [-0.3, -0.25) is 4.79 Å². The summed E-state index contributed by atoms with van der Waals surface area (Å²) in [5.74, 6) is -0.114. The number of nitrogens with zero attached hydrogens (tertiary/aromatic N) is 3. The van der Waals surface area contributed by atoms with E-state index >= 15 is 0 Å². The van der Waals surface area contributed by atoms with Crippen LogP contribution in [-0.4, -0.2) is 53.8 Å². The maximum absolute atomic E-state index is 12.7. The predicted octanol–water partition coefficient (Wildman–Crippen LogP) is 2.90. The molecule has 2 aromatic carbocycles. The van der Waals surface area contributed by atoms with Gasteiger partial charge in [0.1, 0.15) is 5.75 Å². The van der Waals surface area contributed by atoms with Crippen molar-refractivity contribution in [3.8, 4) is 17.1 Å². The molecule has 0 spiro atoms. The topological polar surface area (TPSA) is 96.1 Å². The third-order valence-corrected chi connectivity index (χ3v) is 5.07. The van der Waals surface area contributed by atoms with Gasteiger partial charge in [-0.15, -0.1) is 0 Å². The highest BCUT2D eigenvalue weighted by Gasteiger charge is 2.32. The largest absolute Gasteiger partial charge is 0.497 e. The number of benzene rings is 2. The molecule has 1 saturated heterocycles. The van der Waals surface area contributed by atoms with E-state index in [1.165, 1.54) is 0 Å². The summed E-state index contributed by atoms with van der Waals surface area (Å²) in [4.78, 5) is 28.0. The number of ether oxygens (including phenoxy) is 1. The number of piperazine rings is 1. The Bertz CT molecular complexity index is 1050. The van der Waals surface area contributed by atoms with E-state index in [4.69, 9.17) is 9.26 Å². The zero-order valence-corrected chi connectivity index (χ0v) is 16.4. The monoisotopic (exact) mass is 407 g/mol. The van der Waals surface area contributed by atoms with Crippen LogP contribution in [0.3, 0.4) is 0 Å². The molecule has 1 amide bonds. The summed E-state index contributed by atoms with van der Waals surface area (Å²) >= 11 is 0. The molecule has 0 radical (unpaired) electrons. The number of aromatic nitrogens is 1. The fourth-order valence-corrected chi connectivity index (χ4v) is 3.48. The van der Waals surface area contributed by atoms with E-state index in [9.17, 15) is 14.7 Å². The summed E-state index contributed by atoms with van der Waals surface area (Å²) in [6.45, 7) is 1.44. The van der Waals surface area contributed by atoms with Gasteiger partial charge in [0.05, 0.1) is 13.7 Å². The fraction of sp³-hybridized carbons (Fsp3) is 0.227. The second kappa shape index (κ2) is 8.28. The van der Waals surface area contributed by atoms with Gasteiger partial charge in [-0.1, -0.05) is 47.6 Å². The number of methoxy groups -OCH3 is 1. The second-order valence-corrected chi connectivity index (χ2v) is 6.97. The Labute approximate surface area is 173 Å². The molecule has 0 unspecified atom stereocenters. The molecule has 1 aromatic heterocycles. The molecule has 30 heavy (non-hydrogen) atoms. The van der Waals surface area contributed by atoms with Gasteiger partial charge >= 0.3 is 5.97 Å². The van der Waals surface area contributed by atoms with E-state index in [2.05, 4.69) is 5.16 Å². The Balaban J connectivity index is 1.51. The number of rotatable bonds is 6. The minimum Gasteiger partial charge on any atom is -0.497 e. The number of carboxylic acid groups (broad SMARTS) is 1. The SMILES string of the molecule is COc1ccc(CN2CCN(c3noc(-c4ccccc4)c3C(=O)O)CC2=O)cc1. The number of aromatic carboxylic acids is 1. The molecule has 1 fully saturated rings. The summed E-state index contributed by atoms with van der Waals surface area (Å²) < 4.78 is 10.5. The van der Waals surface area contributed by atoms with Crippen LogP contribution in [0.5, 0.6) is 5.75 Å². The molecule has 1 N–H and O–H groups in total. The first-order valence-electron chi connectivity index (χ1n) is 9.51. The molecule has 1 aliphatic rings. The number of hydrogen-bond donors (Lipinski definition) is 1. The minimum atomic E-state index is -1.14. The van der Waals surface area contributed by atoms with Gasteiger partial charge in [-0.2, -0.15) is 0 Å². The van der Waals surface area contributed by atoms with Gasteiger partial charge in [0.25, 0.3) is 0 Å². The van der Waals surface area contributed by atoms with E-state index in [0.717, 1.165) is 11.3 Å². The highest BCUT2D eigenvalue weighted by atomic mass is 16.5. The zero-order chi connectivity index (χ0) is 21.1. The molecule has 154 valence electrons. The van der Waals surface area contributed by atoms with Crippen molar-refractivity contribution < 1.29 is 24.0 Å². The molecule has 3 aromatic rings. The number of carboxylic acids is 1. The summed E-state index contributed by atoms with van der Waals surface area (Å²) in [6.07, 6.45) is 0. The highest BCUT2D eigenvalue weighted by molar-refractivity contribution is 6.00. The standard InChI is InChI=1S/C22H21N3O5/c1-29-17-9-7-15(8-10-17)13-24-11-12-25(14-18(24)26)21-19(22(27)28)20(30-23-21)16-5-3-2-4-6-16/h2-10H,11-14H2,1H3,(H,27,28). The molecule has 8 heteroatoms. The Morgan fingerprint density at radius 3 is 2.50 bits per heavy atom. The van der Waals surface area contributed by atoms with Crippen molar-refractivity contribution in [3.05, 3.63) is 65.7 Å². The molecule has 1 aliphatic heterocycles. The first-order valence-corrected chi connectivity index (χ1v) is 9.51. The molecule has 0 aliphatic carbocycles. The Hall–Kier alpha value is -3.81. The molecule has 8 nitrogen and oxygen atoms in total. The van der Waals surface area contributed by atoms with E-state index in [-0.39, 0.29) is 29.6 Å². The summed E-state index contributed by atoms with van der Waals surface area (Å²) in [5, 5.41) is 13.7. The maximum atomic E-state index is 12.7. The summed E-state index contributed by atoms with van der Waals surface area (Å²) in [5.41, 5.74) is 1.59. The first-order chi connectivity index (χ1) is 14.6. The molecule has 2 heterocycles. The second-order valence-electron chi connectivity index (χ2n) is 6.97. The Morgan fingerprint density at radius 1 is 1.13 bits per heavy atom. The summed E-state index contributed by atoms with van der Waals surface area (Å²) in [7, 11) is 1.61. The lowest BCUT2D eigenvalue weighted by atomic mass is 10.1. The van der Waals surface area contributed by atoms with Gasteiger partial charge in [0, 0.05) is 25.2 Å². The average molecular weight is 407 g/mol. The van der Waals surface area contributed by atoms with Crippen LogP contribution < -0.4 is 9.64 Å². The molecule has 0 bridgehead atoms. The highest BCUT2D eigenvalue weighted by Crippen LogP contribution is 2.32. The van der Waals surface area contributed by atoms with Crippen molar-refractivity contribution in [1.82, 2.24) is 10.1 Å². The van der Waals surface area contributed by atoms with Gasteiger partial charge in [-0.05, 0) is 17.7 Å². The van der Waals surface area contributed by atoms with Crippen LogP contribution in [0.15, 0.2) is 59.1 Å². The number of carbonyl (C=O) groups is 2. The maximum Gasteiger partial charge on any atom is 0.343 e. The molecular weight excluding hydrogens is 386 g/mol. The number of carbonyl (C=O) groups excluding carboxylic acids is 1. The Morgan fingerprint density at radius 2 is 1.87 bits per heavy atom. The van der Waals surface area contributed by atoms with E-state index < -0.39 is 5.97 Å². The number of amides is 1. The van der Waals surface area contributed by atoms with Crippen molar-refractivity contribution in [3.63, 3.8) is 0 Å². The first kappa shape index (κ1) is 19.5. The van der Waals surface area contributed by atoms with Crippen LogP contribution in [0.25, 0.3) is 11.3 Å². The van der Waals surface area contributed by atoms with Crippen LogP contribution in [0.4, 0.5) is 5.82 Å². The van der Waals surface area contributed by atoms with Crippen LogP contribution in [0.2, 0.25) is 0 Å². The fourth-order valence-electron chi connectivity index (χ4n) is 3.48. The molecule has 0 atom stereocenters. The molecular formula is C22H21N3O5. The van der Waals surface area contributed by atoms with E-state index in [1.54, 1.807) is 41.2 Å². The third-order valence-electron chi connectivity index (χ3n) is 5.07. The quantitative estimate of drug-likeness (QED) is 0.671. The van der Waals surface area contributed by atoms with Crippen molar-refractivity contribution >= 4 is 17.7 Å². The van der Waals surface area contributed by atoms with Gasteiger partial charge in [-0.25, -0.2) is 4.79 Å². The van der Waals surface area contributed by atoms with Crippen LogP contribution in [0.1, 0.15) is 15.9 Å². The minimum absolute atomic E-state index is 0.0300. The lowest BCUT2D eigenvalue weighted by molar-refractivity contribution is -0.131. The van der Waals surface area contributed by atoms with E-state index in [0.29, 0.717) is 25.2 Å². The van der Waals surface area contributed by atoms with E-state index in [1.807, 2.05) is 30.3 Å². The van der Waals surface area contributed by atoms with Crippen molar-refractivity contribution in [2.45, 2.75) is 6.54 Å². The number of hydrogen-bond acceptors (Lipinski definition) is 6. The van der Waals surface area contributed by atoms with Crippen molar-refractivity contribution in [2.75, 3.05) is 31.6 Å². The smallest absolute Gasteiger partial charge is 0.343 e. The van der Waals surface area contributed by atoms with Crippen LogP contribution in [0, 0.1) is 0 Å². The van der Waals surface area contributed by atoms with Crippen LogP contribution in [-0.2, 0) is 11.3 Å². The average Bonchev–Trinajstić information content (AvgIpc) is 3.22. The van der Waals surface area contributed by atoms with Crippen molar-refractivity contribution in [1.29, 1.82) is 0 Å². The van der Waals surface area contributed by atoms with Crippen LogP contribution >= 0.6 is 0 Å².